The Balaban J connectivity index is 1.48. The minimum absolute atomic E-state index is 0.00318. The number of carbonyl (C=O) groups is 3. The molecule has 1 saturated carbocycles. The van der Waals surface area contributed by atoms with E-state index < -0.39 is 5.97 Å². The first-order valence-corrected chi connectivity index (χ1v) is 8.88. The van der Waals surface area contributed by atoms with Gasteiger partial charge in [0.25, 0.3) is 0 Å². The van der Waals surface area contributed by atoms with Crippen LogP contribution in [0, 0.1) is 17.7 Å². The molecule has 140 valence electrons. The van der Waals surface area contributed by atoms with Crippen molar-refractivity contribution in [1.29, 1.82) is 0 Å². The first-order valence-electron chi connectivity index (χ1n) is 8.88. The second kappa shape index (κ2) is 7.43. The van der Waals surface area contributed by atoms with Crippen LogP contribution >= 0.6 is 0 Å². The van der Waals surface area contributed by atoms with Crippen LogP contribution in [-0.4, -0.2) is 59.4 Å². The van der Waals surface area contributed by atoms with Gasteiger partial charge in [-0.3, -0.25) is 14.4 Å². The summed E-state index contributed by atoms with van der Waals surface area (Å²) in [7, 11) is 1.62. The van der Waals surface area contributed by atoms with Gasteiger partial charge in [0.1, 0.15) is 5.82 Å². The second-order valence-corrected chi connectivity index (χ2v) is 7.19. The molecule has 2 aliphatic rings. The fourth-order valence-corrected chi connectivity index (χ4v) is 3.59. The third-order valence-electron chi connectivity index (χ3n) is 5.35. The molecular weight excluding hydrogens is 339 g/mol. The molecule has 1 saturated heterocycles. The molecule has 0 bridgehead atoms. The minimum Gasteiger partial charge on any atom is -0.481 e. The molecule has 2 unspecified atom stereocenters. The van der Waals surface area contributed by atoms with Gasteiger partial charge in [-0.25, -0.2) is 4.39 Å². The van der Waals surface area contributed by atoms with Crippen molar-refractivity contribution in [2.75, 3.05) is 26.7 Å². The van der Waals surface area contributed by atoms with Crippen LogP contribution in [0.1, 0.15) is 30.7 Å². The van der Waals surface area contributed by atoms with Crippen LogP contribution in [0.2, 0.25) is 0 Å². The Morgan fingerprint density at radius 3 is 2.38 bits per heavy atom. The maximum atomic E-state index is 13.0. The molecule has 0 aromatic heterocycles. The molecule has 2 atom stereocenters. The Morgan fingerprint density at radius 1 is 1.19 bits per heavy atom. The van der Waals surface area contributed by atoms with Crippen LogP contribution in [0.15, 0.2) is 24.3 Å². The van der Waals surface area contributed by atoms with Crippen molar-refractivity contribution in [3.8, 4) is 0 Å². The molecule has 1 aliphatic carbocycles. The SMILES string of the molecule is CN(CC(=O)N1CCC(C(=O)O)CC1)C(=O)C1CC1c1ccc(F)cc1. The molecule has 2 amide bonds. The van der Waals surface area contributed by atoms with Crippen molar-refractivity contribution in [2.24, 2.45) is 11.8 Å². The van der Waals surface area contributed by atoms with Crippen LogP contribution in [0.3, 0.4) is 0 Å². The highest BCUT2D eigenvalue weighted by atomic mass is 19.1. The number of amides is 2. The van der Waals surface area contributed by atoms with Gasteiger partial charge in [-0.2, -0.15) is 0 Å². The zero-order valence-electron chi connectivity index (χ0n) is 14.7. The molecule has 26 heavy (non-hydrogen) atoms. The second-order valence-electron chi connectivity index (χ2n) is 7.19. The number of carbonyl (C=O) groups excluding carboxylic acids is 2. The lowest BCUT2D eigenvalue weighted by molar-refractivity contribution is -0.146. The van der Waals surface area contributed by atoms with Gasteiger partial charge in [-0.15, -0.1) is 0 Å². The summed E-state index contributed by atoms with van der Waals surface area (Å²) in [6.45, 7) is 0.835. The van der Waals surface area contributed by atoms with Crippen LogP contribution in [0.25, 0.3) is 0 Å². The van der Waals surface area contributed by atoms with Crippen molar-refractivity contribution >= 4 is 17.8 Å². The average molecular weight is 362 g/mol. The molecule has 1 heterocycles. The number of likely N-dealkylation sites (tertiary alicyclic amines) is 1. The van der Waals surface area contributed by atoms with Crippen molar-refractivity contribution < 1.29 is 23.9 Å². The fourth-order valence-electron chi connectivity index (χ4n) is 3.59. The Bertz CT molecular complexity index is 698. The molecule has 2 fully saturated rings. The third-order valence-corrected chi connectivity index (χ3v) is 5.35. The van der Waals surface area contributed by atoms with Crippen molar-refractivity contribution in [1.82, 2.24) is 9.80 Å². The van der Waals surface area contributed by atoms with Gasteiger partial charge >= 0.3 is 5.97 Å². The highest BCUT2D eigenvalue weighted by molar-refractivity contribution is 5.88. The van der Waals surface area contributed by atoms with Gasteiger partial charge in [-0.1, -0.05) is 12.1 Å². The monoisotopic (exact) mass is 362 g/mol. The number of benzene rings is 1. The highest BCUT2D eigenvalue weighted by Crippen LogP contribution is 2.48. The molecule has 6 nitrogen and oxygen atoms in total. The van der Waals surface area contributed by atoms with E-state index in [-0.39, 0.29) is 41.9 Å². The Labute approximate surface area is 151 Å². The number of likely N-dealkylation sites (N-methyl/N-ethyl adjacent to an activating group) is 1. The summed E-state index contributed by atoms with van der Waals surface area (Å²) in [5, 5.41) is 9.01. The van der Waals surface area contributed by atoms with Gasteiger partial charge in [-0.05, 0) is 42.9 Å². The summed E-state index contributed by atoms with van der Waals surface area (Å²) in [4.78, 5) is 38.9. The topological polar surface area (TPSA) is 77.9 Å². The largest absolute Gasteiger partial charge is 0.481 e. The summed E-state index contributed by atoms with van der Waals surface area (Å²) < 4.78 is 13.0. The van der Waals surface area contributed by atoms with E-state index >= 15 is 0 Å². The lowest BCUT2D eigenvalue weighted by atomic mass is 9.97. The first kappa shape index (κ1) is 18.4. The van der Waals surface area contributed by atoms with E-state index in [0.29, 0.717) is 32.4 Å². The molecule has 7 heteroatoms. The zero-order valence-corrected chi connectivity index (χ0v) is 14.7. The predicted octanol–water partition coefficient (Wildman–Crippen LogP) is 1.71. The first-order chi connectivity index (χ1) is 12.4. The lowest BCUT2D eigenvalue weighted by Gasteiger charge is -2.31. The van der Waals surface area contributed by atoms with Crippen LogP contribution in [-0.2, 0) is 14.4 Å². The van der Waals surface area contributed by atoms with E-state index in [2.05, 4.69) is 0 Å². The van der Waals surface area contributed by atoms with Crippen LogP contribution in [0.4, 0.5) is 4.39 Å². The van der Waals surface area contributed by atoms with E-state index in [1.54, 1.807) is 24.1 Å². The number of carboxylic acid groups (broad SMARTS) is 1. The molecule has 1 aromatic rings. The molecular formula is C19H23FN2O4. The molecule has 1 aliphatic heterocycles. The number of nitrogens with zero attached hydrogens (tertiary/aromatic N) is 2. The summed E-state index contributed by atoms with van der Waals surface area (Å²) in [6.07, 6.45) is 1.62. The summed E-state index contributed by atoms with van der Waals surface area (Å²) in [5.41, 5.74) is 0.945. The number of aliphatic carboxylic acids is 1. The van der Waals surface area contributed by atoms with Crippen LogP contribution in [0.5, 0.6) is 0 Å². The molecule has 0 radical (unpaired) electrons. The smallest absolute Gasteiger partial charge is 0.306 e. The Kier molecular flexibility index (Phi) is 5.25. The number of carboxylic acids is 1. The standard InChI is InChI=1S/C19H23FN2O4/c1-21(11-17(23)22-8-6-13(7-9-22)19(25)26)18(24)16-10-15(16)12-2-4-14(20)5-3-12/h2-5,13,15-16H,6-11H2,1H3,(H,25,26). The predicted molar refractivity (Wildman–Crippen MR) is 91.8 cm³/mol. The van der Waals surface area contributed by atoms with Gasteiger partial charge < -0.3 is 14.9 Å². The quantitative estimate of drug-likeness (QED) is 0.865. The van der Waals surface area contributed by atoms with Crippen LogP contribution < -0.4 is 0 Å². The maximum Gasteiger partial charge on any atom is 0.306 e. The lowest BCUT2D eigenvalue weighted by Crippen LogP contribution is -2.45. The van der Waals surface area contributed by atoms with Crippen molar-refractivity contribution in [2.45, 2.75) is 25.2 Å². The van der Waals surface area contributed by atoms with Gasteiger partial charge in [0, 0.05) is 26.1 Å². The van der Waals surface area contributed by atoms with E-state index in [1.807, 2.05) is 0 Å². The van der Waals surface area contributed by atoms with Crippen molar-refractivity contribution in [3.05, 3.63) is 35.6 Å². The number of halogens is 1. The number of hydrogen-bond acceptors (Lipinski definition) is 3. The van der Waals surface area contributed by atoms with E-state index in [9.17, 15) is 18.8 Å². The molecule has 0 spiro atoms. The Morgan fingerprint density at radius 2 is 1.81 bits per heavy atom. The number of rotatable bonds is 5. The summed E-state index contributed by atoms with van der Waals surface area (Å²) in [5.74, 6) is -1.79. The van der Waals surface area contributed by atoms with E-state index in [0.717, 1.165) is 5.56 Å². The summed E-state index contributed by atoms with van der Waals surface area (Å²) in [6, 6.07) is 6.18. The zero-order chi connectivity index (χ0) is 18.8. The van der Waals surface area contributed by atoms with Gasteiger partial charge in [0.2, 0.25) is 11.8 Å². The van der Waals surface area contributed by atoms with E-state index in [4.69, 9.17) is 5.11 Å². The molecule has 1 aromatic carbocycles. The van der Waals surface area contributed by atoms with Gasteiger partial charge in [0.15, 0.2) is 0 Å². The number of hydrogen-bond donors (Lipinski definition) is 1. The molecule has 1 N–H and O–H groups in total. The number of piperidine rings is 1. The van der Waals surface area contributed by atoms with Crippen molar-refractivity contribution in [3.63, 3.8) is 0 Å². The average Bonchev–Trinajstić information content (AvgIpc) is 3.42. The third kappa shape index (κ3) is 4.03. The van der Waals surface area contributed by atoms with E-state index in [1.165, 1.54) is 17.0 Å². The highest BCUT2D eigenvalue weighted by Gasteiger charge is 2.45. The van der Waals surface area contributed by atoms with Gasteiger partial charge in [0.05, 0.1) is 12.5 Å². The summed E-state index contributed by atoms with van der Waals surface area (Å²) >= 11 is 0. The minimum atomic E-state index is -0.815. The molecule has 3 rings (SSSR count). The Hall–Kier alpha value is -2.44. The maximum absolute atomic E-state index is 13.0. The normalized spacial score (nSPS) is 22.8. The fraction of sp³-hybridized carbons (Fsp3) is 0.526.